The third-order valence-corrected chi connectivity index (χ3v) is 5.72. The van der Waals surface area contributed by atoms with E-state index >= 15 is 0 Å². The van der Waals surface area contributed by atoms with Crippen LogP contribution >= 0.6 is 11.3 Å². The molecule has 0 saturated carbocycles. The number of anilines is 5. The summed E-state index contributed by atoms with van der Waals surface area (Å²) in [5.41, 5.74) is 13.5. The zero-order valence-corrected chi connectivity index (χ0v) is 18.3. The van der Waals surface area contributed by atoms with E-state index < -0.39 is 11.8 Å². The number of hydrogen-bond donors (Lipinski definition) is 6. The quantitative estimate of drug-likeness (QED) is 0.219. The number of carbonyl (C=O) groups excluding carboxylic acids is 2. The summed E-state index contributed by atoms with van der Waals surface area (Å²) in [6, 6.07) is 18.5. The zero-order chi connectivity index (χ0) is 23.4. The van der Waals surface area contributed by atoms with Gasteiger partial charge in [-0.3, -0.25) is 9.59 Å². The monoisotopic (exact) mass is 462 g/mol. The summed E-state index contributed by atoms with van der Waals surface area (Å²) >= 11 is 1.10. The van der Waals surface area contributed by atoms with Crippen LogP contribution in [0.15, 0.2) is 60.7 Å². The Morgan fingerprint density at radius 3 is 2.55 bits per heavy atom. The Hall–Kier alpha value is -4.15. The van der Waals surface area contributed by atoms with Gasteiger partial charge in [-0.1, -0.05) is 41.7 Å². The molecule has 0 radical (unpaired) electrons. The van der Waals surface area contributed by atoms with E-state index in [0.29, 0.717) is 28.6 Å². The second-order valence-corrected chi connectivity index (χ2v) is 8.15. The van der Waals surface area contributed by atoms with Crippen LogP contribution in [-0.4, -0.2) is 35.1 Å². The zero-order valence-electron chi connectivity index (χ0n) is 17.5. The number of nitrogens with zero attached hydrogens (tertiary/aromatic N) is 1. The number of primary amides is 1. The molecule has 0 fully saturated rings. The molecule has 0 unspecified atom stereocenters. The number of aliphatic hydroxyl groups is 1. The molecule has 10 heteroatoms. The highest BCUT2D eigenvalue weighted by atomic mass is 32.1. The van der Waals surface area contributed by atoms with Crippen LogP contribution in [0.1, 0.15) is 20.8 Å². The maximum atomic E-state index is 12.8. The molecule has 0 aliphatic rings. The number of nitrogen functional groups attached to an aromatic ring is 1. The van der Waals surface area contributed by atoms with Crippen molar-refractivity contribution in [1.82, 2.24) is 4.98 Å². The molecule has 168 valence electrons. The molecule has 3 aromatic carbocycles. The molecule has 0 aliphatic heterocycles. The van der Waals surface area contributed by atoms with Crippen molar-refractivity contribution in [2.45, 2.75) is 0 Å². The Morgan fingerprint density at radius 2 is 1.82 bits per heavy atom. The number of aromatic nitrogens is 1. The van der Waals surface area contributed by atoms with Gasteiger partial charge in [-0.05, 0) is 41.1 Å². The van der Waals surface area contributed by atoms with Gasteiger partial charge in [0.25, 0.3) is 11.8 Å². The molecule has 2 amide bonds. The van der Waals surface area contributed by atoms with Gasteiger partial charge in [-0.25, -0.2) is 4.98 Å². The number of rotatable bonds is 8. The summed E-state index contributed by atoms with van der Waals surface area (Å²) in [6.45, 7) is 0.296. The summed E-state index contributed by atoms with van der Waals surface area (Å²) in [5, 5.41) is 20.5. The lowest BCUT2D eigenvalue weighted by Gasteiger charge is -2.10. The average Bonchev–Trinajstić information content (AvgIpc) is 3.20. The Morgan fingerprint density at radius 1 is 1.03 bits per heavy atom. The molecule has 0 atom stereocenters. The number of aliphatic hydroxyl groups excluding tert-OH is 1. The van der Waals surface area contributed by atoms with E-state index in [1.165, 1.54) is 6.07 Å². The molecule has 4 aromatic rings. The predicted molar refractivity (Wildman–Crippen MR) is 132 cm³/mol. The van der Waals surface area contributed by atoms with Crippen LogP contribution in [-0.2, 0) is 0 Å². The van der Waals surface area contributed by atoms with Gasteiger partial charge in [-0.2, -0.15) is 0 Å². The Labute approximate surface area is 193 Å². The van der Waals surface area contributed by atoms with Gasteiger partial charge in [0, 0.05) is 17.8 Å². The molecular weight excluding hydrogens is 440 g/mol. The maximum absolute atomic E-state index is 12.8. The predicted octanol–water partition coefficient (Wildman–Crippen LogP) is 3.38. The highest BCUT2D eigenvalue weighted by Gasteiger charge is 2.19. The van der Waals surface area contributed by atoms with Gasteiger partial charge >= 0.3 is 0 Å². The van der Waals surface area contributed by atoms with Crippen LogP contribution in [0.25, 0.3) is 10.8 Å². The molecule has 0 spiro atoms. The number of amides is 2. The van der Waals surface area contributed by atoms with E-state index in [2.05, 4.69) is 20.9 Å². The summed E-state index contributed by atoms with van der Waals surface area (Å²) < 4.78 is 0. The van der Waals surface area contributed by atoms with E-state index in [4.69, 9.17) is 16.6 Å². The molecule has 1 heterocycles. The van der Waals surface area contributed by atoms with E-state index in [9.17, 15) is 9.59 Å². The summed E-state index contributed by atoms with van der Waals surface area (Å²) in [6.07, 6.45) is 0. The van der Waals surface area contributed by atoms with E-state index in [1.807, 2.05) is 42.5 Å². The number of nitrogens with one attached hydrogen (secondary N) is 3. The molecule has 1 aromatic heterocycles. The van der Waals surface area contributed by atoms with Crippen LogP contribution in [0.4, 0.5) is 27.2 Å². The molecule has 0 saturated heterocycles. The summed E-state index contributed by atoms with van der Waals surface area (Å²) in [4.78, 5) is 28.9. The first-order valence-corrected chi connectivity index (χ1v) is 10.9. The Balaban J connectivity index is 1.54. The molecule has 8 N–H and O–H groups in total. The highest BCUT2D eigenvalue weighted by Crippen LogP contribution is 2.32. The van der Waals surface area contributed by atoms with Crippen molar-refractivity contribution in [1.29, 1.82) is 0 Å². The van der Waals surface area contributed by atoms with Crippen molar-refractivity contribution < 1.29 is 14.7 Å². The number of benzene rings is 3. The third-order valence-electron chi connectivity index (χ3n) is 4.83. The fraction of sp³-hybridized carbons (Fsp3) is 0.0870. The van der Waals surface area contributed by atoms with Crippen LogP contribution < -0.4 is 27.4 Å². The number of carbonyl (C=O) groups is 2. The standard InChI is InChI=1S/C23H22N6O3S/c24-17-12-15(6-8-18(17)26-9-10-30)21(32)29-22-19(20(25)31)28-23(33-22)27-16-7-5-13-3-1-2-4-14(13)11-16/h1-8,11-12,26,30H,9-10,24H2,(H2,25,31)(H,27,28)(H,29,32). The fourth-order valence-electron chi connectivity index (χ4n) is 3.25. The second kappa shape index (κ2) is 9.55. The molecule has 4 rings (SSSR count). The highest BCUT2D eigenvalue weighted by molar-refractivity contribution is 7.20. The third kappa shape index (κ3) is 5.03. The first-order valence-electron chi connectivity index (χ1n) is 10.1. The van der Waals surface area contributed by atoms with Crippen molar-refractivity contribution in [3.63, 3.8) is 0 Å². The molecular formula is C23H22N6O3S. The molecule has 0 bridgehead atoms. The number of hydrogen-bond acceptors (Lipinski definition) is 8. The smallest absolute Gasteiger partial charge is 0.270 e. The van der Waals surface area contributed by atoms with Crippen molar-refractivity contribution in [3.8, 4) is 0 Å². The van der Waals surface area contributed by atoms with Crippen LogP contribution in [0.5, 0.6) is 0 Å². The Kier molecular flexibility index (Phi) is 6.38. The largest absolute Gasteiger partial charge is 0.397 e. The van der Waals surface area contributed by atoms with E-state index in [1.54, 1.807) is 12.1 Å². The molecule has 33 heavy (non-hydrogen) atoms. The maximum Gasteiger partial charge on any atom is 0.270 e. The second-order valence-electron chi connectivity index (χ2n) is 7.15. The topological polar surface area (TPSA) is 155 Å². The number of nitrogens with two attached hydrogens (primary N) is 2. The lowest BCUT2D eigenvalue weighted by Crippen LogP contribution is -2.18. The first kappa shape index (κ1) is 22.1. The van der Waals surface area contributed by atoms with Crippen LogP contribution in [0, 0.1) is 0 Å². The summed E-state index contributed by atoms with van der Waals surface area (Å²) in [5.74, 6) is -1.21. The lowest BCUT2D eigenvalue weighted by atomic mass is 10.1. The van der Waals surface area contributed by atoms with Crippen molar-refractivity contribution >= 4 is 61.1 Å². The van der Waals surface area contributed by atoms with Gasteiger partial charge in [0.1, 0.15) is 5.00 Å². The van der Waals surface area contributed by atoms with Gasteiger partial charge in [0.05, 0.1) is 18.0 Å². The van der Waals surface area contributed by atoms with Crippen molar-refractivity contribution in [3.05, 3.63) is 71.9 Å². The van der Waals surface area contributed by atoms with Gasteiger partial charge in [0.2, 0.25) is 0 Å². The molecule has 9 nitrogen and oxygen atoms in total. The lowest BCUT2D eigenvalue weighted by molar-refractivity contribution is 0.0997. The Bertz CT molecular complexity index is 1340. The summed E-state index contributed by atoms with van der Waals surface area (Å²) in [7, 11) is 0. The van der Waals surface area contributed by atoms with E-state index in [0.717, 1.165) is 27.8 Å². The average molecular weight is 463 g/mol. The van der Waals surface area contributed by atoms with Gasteiger partial charge in [-0.15, -0.1) is 0 Å². The van der Waals surface area contributed by atoms with Gasteiger partial charge in [0.15, 0.2) is 10.8 Å². The van der Waals surface area contributed by atoms with Crippen molar-refractivity contribution in [2.24, 2.45) is 5.73 Å². The van der Waals surface area contributed by atoms with Crippen molar-refractivity contribution in [2.75, 3.05) is 34.8 Å². The molecule has 0 aliphatic carbocycles. The number of fused-ring (bicyclic) bond motifs is 1. The minimum atomic E-state index is -0.754. The minimum absolute atomic E-state index is 0.0363. The van der Waals surface area contributed by atoms with Crippen LogP contribution in [0.2, 0.25) is 0 Å². The SMILES string of the molecule is NC(=O)c1nc(Nc2ccc3ccccc3c2)sc1NC(=O)c1ccc(NCCO)c(N)c1. The van der Waals surface area contributed by atoms with E-state index in [-0.39, 0.29) is 17.3 Å². The van der Waals surface area contributed by atoms with Gasteiger partial charge < -0.3 is 32.5 Å². The minimum Gasteiger partial charge on any atom is -0.397 e. The number of thiazole rings is 1. The fourth-order valence-corrected chi connectivity index (χ4v) is 4.13. The van der Waals surface area contributed by atoms with Crippen LogP contribution in [0.3, 0.4) is 0 Å². The first-order chi connectivity index (χ1) is 15.9. The normalized spacial score (nSPS) is 10.7.